The van der Waals surface area contributed by atoms with Crippen molar-refractivity contribution in [2.75, 3.05) is 14.2 Å². The molecule has 1 heterocycles. The zero-order valence-electron chi connectivity index (χ0n) is 12.6. The Labute approximate surface area is 131 Å². The monoisotopic (exact) mass is 315 g/mol. The van der Waals surface area contributed by atoms with Crippen LogP contribution in [0.5, 0.6) is 11.5 Å². The van der Waals surface area contributed by atoms with E-state index in [2.05, 4.69) is 4.98 Å². The number of hydrogen-bond donors (Lipinski definition) is 0. The first-order valence-electron chi connectivity index (χ1n) is 6.91. The summed E-state index contributed by atoms with van der Waals surface area (Å²) in [6.07, 6.45) is 0.308. The predicted octanol–water partition coefficient (Wildman–Crippen LogP) is 2.94. The average molecular weight is 315 g/mol. The van der Waals surface area contributed by atoms with Crippen LogP contribution in [0.1, 0.15) is 11.5 Å². The van der Waals surface area contributed by atoms with Crippen LogP contribution in [0.4, 0.5) is 4.39 Å². The van der Waals surface area contributed by atoms with Crippen LogP contribution in [0, 0.1) is 5.82 Å². The molecule has 0 saturated carbocycles. The van der Waals surface area contributed by atoms with Gasteiger partial charge in [0.25, 0.3) is 0 Å². The topological polar surface area (TPSA) is 61.6 Å². The molecule has 118 valence electrons. The molecule has 23 heavy (non-hydrogen) atoms. The quantitative estimate of drug-likeness (QED) is 0.741. The molecule has 0 aliphatic rings. The van der Waals surface area contributed by atoms with Crippen LogP contribution in [0.3, 0.4) is 0 Å². The number of hydrogen-bond acceptors (Lipinski definition) is 5. The molecule has 0 aliphatic carbocycles. The summed E-state index contributed by atoms with van der Waals surface area (Å²) < 4.78 is 28.8. The first-order valence-corrected chi connectivity index (χ1v) is 6.91. The Kier molecular flexibility index (Phi) is 3.97. The van der Waals surface area contributed by atoms with Crippen molar-refractivity contribution in [1.29, 1.82) is 0 Å². The molecule has 0 spiro atoms. The van der Waals surface area contributed by atoms with Crippen molar-refractivity contribution in [3.8, 4) is 11.5 Å². The van der Waals surface area contributed by atoms with E-state index in [1.54, 1.807) is 26.4 Å². The van der Waals surface area contributed by atoms with E-state index in [-0.39, 0.29) is 11.3 Å². The Balaban J connectivity index is 1.98. The van der Waals surface area contributed by atoms with E-state index in [0.29, 0.717) is 23.4 Å². The minimum absolute atomic E-state index is 0.126. The van der Waals surface area contributed by atoms with Gasteiger partial charge in [-0.1, -0.05) is 6.07 Å². The fraction of sp³-hybridized carbons (Fsp3) is 0.176. The molecule has 0 radical (unpaired) electrons. The molecule has 3 aromatic rings. The fourth-order valence-electron chi connectivity index (χ4n) is 2.33. The van der Waals surface area contributed by atoms with Crippen LogP contribution >= 0.6 is 0 Å². The molecule has 0 amide bonds. The first kappa shape index (κ1) is 15.0. The number of benzene rings is 2. The summed E-state index contributed by atoms with van der Waals surface area (Å²) in [5.74, 6) is 0.940. The van der Waals surface area contributed by atoms with Crippen molar-refractivity contribution in [2.24, 2.45) is 0 Å². The van der Waals surface area contributed by atoms with Crippen LogP contribution in [-0.4, -0.2) is 19.2 Å². The summed E-state index contributed by atoms with van der Waals surface area (Å²) in [5.41, 5.74) is 0.642. The van der Waals surface area contributed by atoms with E-state index in [9.17, 15) is 9.18 Å². The van der Waals surface area contributed by atoms with E-state index >= 15 is 0 Å². The Morgan fingerprint density at radius 1 is 1.09 bits per heavy atom. The van der Waals surface area contributed by atoms with Crippen LogP contribution in [0.25, 0.3) is 10.9 Å². The fourth-order valence-corrected chi connectivity index (χ4v) is 2.33. The van der Waals surface area contributed by atoms with Crippen LogP contribution < -0.4 is 15.1 Å². The van der Waals surface area contributed by atoms with E-state index < -0.39 is 11.4 Å². The number of halogens is 1. The molecule has 3 rings (SSSR count). The minimum Gasteiger partial charge on any atom is -0.493 e. The second kappa shape index (κ2) is 6.08. The minimum atomic E-state index is -0.607. The molecule has 0 fully saturated rings. The van der Waals surface area contributed by atoms with Gasteiger partial charge in [-0.2, -0.15) is 0 Å². The molecule has 0 unspecified atom stereocenters. The molecular weight excluding hydrogens is 301 g/mol. The number of ether oxygens (including phenoxy) is 2. The van der Waals surface area contributed by atoms with Gasteiger partial charge in [0.05, 0.1) is 25.1 Å². The summed E-state index contributed by atoms with van der Waals surface area (Å²) in [6, 6.07) is 9.22. The van der Waals surface area contributed by atoms with Crippen molar-refractivity contribution in [3.05, 3.63) is 64.1 Å². The number of aromatic nitrogens is 1. The Bertz CT molecular complexity index is 920. The molecule has 0 saturated heterocycles. The smallest absolute Gasteiger partial charge is 0.346 e. The zero-order valence-corrected chi connectivity index (χ0v) is 12.6. The number of nitrogens with zero attached hydrogens (tertiary/aromatic N) is 1. The average Bonchev–Trinajstić information content (AvgIpc) is 2.55. The van der Waals surface area contributed by atoms with Gasteiger partial charge in [0.2, 0.25) is 5.89 Å². The highest BCUT2D eigenvalue weighted by Gasteiger charge is 2.10. The number of methoxy groups -OCH3 is 2. The van der Waals surface area contributed by atoms with Crippen molar-refractivity contribution >= 4 is 10.9 Å². The Hall–Kier alpha value is -2.89. The van der Waals surface area contributed by atoms with Gasteiger partial charge in [0, 0.05) is 6.42 Å². The summed E-state index contributed by atoms with van der Waals surface area (Å²) in [4.78, 5) is 16.2. The second-order valence-electron chi connectivity index (χ2n) is 4.92. The summed E-state index contributed by atoms with van der Waals surface area (Å²) in [6.45, 7) is 0. The van der Waals surface area contributed by atoms with Gasteiger partial charge >= 0.3 is 5.63 Å². The third-order valence-electron chi connectivity index (χ3n) is 3.44. The summed E-state index contributed by atoms with van der Waals surface area (Å²) in [7, 11) is 3.10. The van der Waals surface area contributed by atoms with E-state index in [0.717, 1.165) is 11.6 Å². The van der Waals surface area contributed by atoms with Crippen molar-refractivity contribution in [3.63, 3.8) is 0 Å². The molecule has 1 aromatic heterocycles. The lowest BCUT2D eigenvalue weighted by Crippen LogP contribution is -2.06. The summed E-state index contributed by atoms with van der Waals surface area (Å²) in [5, 5.41) is 0.126. The van der Waals surface area contributed by atoms with E-state index in [1.165, 1.54) is 12.1 Å². The van der Waals surface area contributed by atoms with Gasteiger partial charge in [-0.05, 0) is 35.9 Å². The lowest BCUT2D eigenvalue weighted by atomic mass is 10.1. The lowest BCUT2D eigenvalue weighted by molar-refractivity contribution is 0.354. The lowest BCUT2D eigenvalue weighted by Gasteiger charge is -2.09. The van der Waals surface area contributed by atoms with E-state index in [4.69, 9.17) is 13.9 Å². The van der Waals surface area contributed by atoms with Gasteiger partial charge in [0.15, 0.2) is 11.5 Å². The van der Waals surface area contributed by atoms with Gasteiger partial charge in [-0.15, -0.1) is 0 Å². The van der Waals surface area contributed by atoms with Gasteiger partial charge in [-0.3, -0.25) is 0 Å². The molecule has 6 heteroatoms. The van der Waals surface area contributed by atoms with Gasteiger partial charge in [0.1, 0.15) is 5.82 Å². The third kappa shape index (κ3) is 3.01. The maximum Gasteiger partial charge on any atom is 0.346 e. The molecule has 0 aliphatic heterocycles. The molecule has 2 aromatic carbocycles. The highest BCUT2D eigenvalue weighted by molar-refractivity contribution is 5.76. The zero-order chi connectivity index (χ0) is 16.4. The van der Waals surface area contributed by atoms with Gasteiger partial charge in [-0.25, -0.2) is 14.2 Å². The summed E-state index contributed by atoms with van der Waals surface area (Å²) >= 11 is 0. The standard InChI is InChI=1S/C17H14FNO4/c1-21-14-6-3-10(7-15(14)22-2)8-16-19-13-5-4-11(18)9-12(13)17(20)23-16/h3-7,9H,8H2,1-2H3. The predicted molar refractivity (Wildman–Crippen MR) is 82.6 cm³/mol. The highest BCUT2D eigenvalue weighted by Crippen LogP contribution is 2.28. The normalized spacial score (nSPS) is 10.7. The molecule has 0 atom stereocenters. The second-order valence-corrected chi connectivity index (χ2v) is 4.92. The van der Waals surface area contributed by atoms with Crippen molar-refractivity contribution < 1.29 is 18.3 Å². The van der Waals surface area contributed by atoms with E-state index in [1.807, 2.05) is 6.07 Å². The van der Waals surface area contributed by atoms with Crippen molar-refractivity contribution in [2.45, 2.75) is 6.42 Å². The third-order valence-corrected chi connectivity index (χ3v) is 3.44. The number of rotatable bonds is 4. The SMILES string of the molecule is COc1ccc(Cc2nc3ccc(F)cc3c(=O)o2)cc1OC. The molecule has 0 bridgehead atoms. The van der Waals surface area contributed by atoms with Crippen LogP contribution in [0.2, 0.25) is 0 Å². The molecule has 5 nitrogen and oxygen atoms in total. The number of fused-ring (bicyclic) bond motifs is 1. The van der Waals surface area contributed by atoms with Crippen molar-refractivity contribution in [1.82, 2.24) is 4.98 Å². The molecule has 0 N–H and O–H groups in total. The highest BCUT2D eigenvalue weighted by atomic mass is 19.1. The van der Waals surface area contributed by atoms with Crippen LogP contribution in [0.15, 0.2) is 45.6 Å². The Morgan fingerprint density at radius 3 is 2.61 bits per heavy atom. The van der Waals surface area contributed by atoms with Crippen LogP contribution in [-0.2, 0) is 6.42 Å². The maximum absolute atomic E-state index is 13.2. The van der Waals surface area contributed by atoms with Gasteiger partial charge < -0.3 is 13.9 Å². The maximum atomic E-state index is 13.2. The largest absolute Gasteiger partial charge is 0.493 e. The molecular formula is C17H14FNO4. The first-order chi connectivity index (χ1) is 11.1. The Morgan fingerprint density at radius 2 is 1.87 bits per heavy atom.